The lowest BCUT2D eigenvalue weighted by Crippen LogP contribution is -2.31. The van der Waals surface area contributed by atoms with Crippen molar-refractivity contribution < 1.29 is 18.7 Å². The van der Waals surface area contributed by atoms with E-state index in [4.69, 9.17) is 5.11 Å². The van der Waals surface area contributed by atoms with Gasteiger partial charge in [0.2, 0.25) is 5.91 Å². The van der Waals surface area contributed by atoms with Crippen molar-refractivity contribution in [1.29, 1.82) is 0 Å². The maximum absolute atomic E-state index is 12.6. The summed E-state index contributed by atoms with van der Waals surface area (Å²) in [5, 5.41) is 15.2. The van der Waals surface area contributed by atoms with Crippen LogP contribution in [0.2, 0.25) is 0 Å². The molecule has 0 aromatic carbocycles. The molecule has 0 spiro atoms. The SMILES string of the molecule is Cc1nn(C(F)F)c(C)c1CC(=O)NCC(C)CO. The molecule has 0 aliphatic heterocycles. The topological polar surface area (TPSA) is 67.2 Å². The van der Waals surface area contributed by atoms with E-state index in [-0.39, 0.29) is 24.9 Å². The Kier molecular flexibility index (Phi) is 5.41. The number of aliphatic hydroxyl groups is 1. The summed E-state index contributed by atoms with van der Waals surface area (Å²) in [4.78, 5) is 11.7. The number of hydrogen-bond acceptors (Lipinski definition) is 3. The molecule has 0 saturated carbocycles. The molecule has 1 heterocycles. The van der Waals surface area contributed by atoms with E-state index >= 15 is 0 Å². The Labute approximate surface area is 110 Å². The lowest BCUT2D eigenvalue weighted by molar-refractivity contribution is -0.120. The predicted octanol–water partition coefficient (Wildman–Crippen LogP) is 1.18. The third-order valence-corrected chi connectivity index (χ3v) is 2.96. The Bertz CT molecular complexity index is 446. The highest BCUT2D eigenvalue weighted by Crippen LogP contribution is 2.19. The lowest BCUT2D eigenvalue weighted by atomic mass is 10.1. The fourth-order valence-electron chi connectivity index (χ4n) is 1.72. The van der Waals surface area contributed by atoms with Gasteiger partial charge in [0.25, 0.3) is 0 Å². The van der Waals surface area contributed by atoms with Crippen LogP contribution in [-0.4, -0.2) is 33.9 Å². The van der Waals surface area contributed by atoms with Crippen LogP contribution in [0.25, 0.3) is 0 Å². The van der Waals surface area contributed by atoms with Crippen molar-refractivity contribution in [1.82, 2.24) is 15.1 Å². The van der Waals surface area contributed by atoms with E-state index in [1.807, 2.05) is 0 Å². The lowest BCUT2D eigenvalue weighted by Gasteiger charge is -2.09. The first kappa shape index (κ1) is 15.6. The molecule has 108 valence electrons. The molecule has 1 rings (SSSR count). The third-order valence-electron chi connectivity index (χ3n) is 2.96. The highest BCUT2D eigenvalue weighted by Gasteiger charge is 2.19. The summed E-state index contributed by atoms with van der Waals surface area (Å²) in [6, 6.07) is 0. The van der Waals surface area contributed by atoms with E-state index in [9.17, 15) is 13.6 Å². The molecule has 19 heavy (non-hydrogen) atoms. The van der Waals surface area contributed by atoms with Crippen LogP contribution in [0.1, 0.15) is 30.4 Å². The second-order valence-electron chi connectivity index (χ2n) is 4.64. The Morgan fingerprint density at radius 3 is 2.58 bits per heavy atom. The van der Waals surface area contributed by atoms with Gasteiger partial charge in [0, 0.05) is 24.4 Å². The predicted molar refractivity (Wildman–Crippen MR) is 65.9 cm³/mol. The minimum absolute atomic E-state index is 0.0123. The van der Waals surface area contributed by atoms with Crippen LogP contribution in [0.3, 0.4) is 0 Å². The van der Waals surface area contributed by atoms with Gasteiger partial charge < -0.3 is 10.4 Å². The van der Waals surface area contributed by atoms with Gasteiger partial charge in [-0.15, -0.1) is 0 Å². The number of halogens is 2. The van der Waals surface area contributed by atoms with Gasteiger partial charge in [-0.1, -0.05) is 6.92 Å². The molecule has 1 aromatic heterocycles. The summed E-state index contributed by atoms with van der Waals surface area (Å²) in [6.45, 7) is 2.56. The van der Waals surface area contributed by atoms with Crippen LogP contribution in [0.15, 0.2) is 0 Å². The number of rotatable bonds is 6. The molecule has 1 aromatic rings. The van der Waals surface area contributed by atoms with Crippen molar-refractivity contribution in [3.05, 3.63) is 17.0 Å². The van der Waals surface area contributed by atoms with Crippen molar-refractivity contribution in [3.63, 3.8) is 0 Å². The number of carbonyl (C=O) groups excluding carboxylic acids is 1. The molecular formula is C12H19F2N3O2. The van der Waals surface area contributed by atoms with E-state index in [1.54, 1.807) is 13.8 Å². The molecule has 0 bridgehead atoms. The van der Waals surface area contributed by atoms with E-state index in [2.05, 4.69) is 10.4 Å². The number of nitrogens with zero attached hydrogens (tertiary/aromatic N) is 2. The highest BCUT2D eigenvalue weighted by molar-refractivity contribution is 5.79. The third kappa shape index (κ3) is 3.99. The summed E-state index contributed by atoms with van der Waals surface area (Å²) in [5.74, 6) is -0.296. The standard InChI is InChI=1S/C12H19F2N3O2/c1-7(6-18)5-15-11(19)4-10-8(2)16-17(9(10)3)12(13)14/h7,12,18H,4-6H2,1-3H3,(H,15,19). The summed E-state index contributed by atoms with van der Waals surface area (Å²) in [7, 11) is 0. The summed E-state index contributed by atoms with van der Waals surface area (Å²) in [5.41, 5.74) is 1.26. The van der Waals surface area contributed by atoms with Gasteiger partial charge in [0.05, 0.1) is 12.1 Å². The summed E-state index contributed by atoms with van der Waals surface area (Å²) >= 11 is 0. The Hall–Kier alpha value is -1.50. The zero-order valence-electron chi connectivity index (χ0n) is 11.3. The molecule has 1 atom stereocenters. The van der Waals surface area contributed by atoms with Gasteiger partial charge in [-0.3, -0.25) is 4.79 Å². The Balaban J connectivity index is 2.69. The number of nitrogens with one attached hydrogen (secondary N) is 1. The van der Waals surface area contributed by atoms with Crippen molar-refractivity contribution in [2.75, 3.05) is 13.2 Å². The van der Waals surface area contributed by atoms with Crippen molar-refractivity contribution in [2.24, 2.45) is 5.92 Å². The second-order valence-corrected chi connectivity index (χ2v) is 4.64. The highest BCUT2D eigenvalue weighted by atomic mass is 19.3. The van der Waals surface area contributed by atoms with Gasteiger partial charge in [-0.05, 0) is 19.8 Å². The molecule has 5 nitrogen and oxygen atoms in total. The number of alkyl halides is 2. The second kappa shape index (κ2) is 6.60. The maximum Gasteiger partial charge on any atom is 0.333 e. The number of hydrogen-bond donors (Lipinski definition) is 2. The van der Waals surface area contributed by atoms with E-state index in [0.717, 1.165) is 0 Å². The van der Waals surface area contributed by atoms with E-state index in [1.165, 1.54) is 6.92 Å². The molecule has 1 amide bonds. The molecule has 0 aliphatic rings. The molecule has 0 radical (unpaired) electrons. The van der Waals surface area contributed by atoms with Gasteiger partial charge in [-0.25, -0.2) is 4.68 Å². The Morgan fingerprint density at radius 2 is 2.11 bits per heavy atom. The van der Waals surface area contributed by atoms with E-state index in [0.29, 0.717) is 28.2 Å². The van der Waals surface area contributed by atoms with Crippen LogP contribution in [-0.2, 0) is 11.2 Å². The maximum atomic E-state index is 12.6. The number of aromatic nitrogens is 2. The molecular weight excluding hydrogens is 256 g/mol. The fourth-order valence-corrected chi connectivity index (χ4v) is 1.72. The minimum atomic E-state index is -2.70. The first-order valence-corrected chi connectivity index (χ1v) is 6.07. The zero-order valence-corrected chi connectivity index (χ0v) is 11.3. The van der Waals surface area contributed by atoms with Gasteiger partial charge in [-0.2, -0.15) is 13.9 Å². The summed E-state index contributed by atoms with van der Waals surface area (Å²) < 4.78 is 25.9. The molecule has 2 N–H and O–H groups in total. The minimum Gasteiger partial charge on any atom is -0.396 e. The largest absolute Gasteiger partial charge is 0.396 e. The van der Waals surface area contributed by atoms with Crippen LogP contribution in [0.4, 0.5) is 8.78 Å². The normalized spacial score (nSPS) is 12.8. The van der Waals surface area contributed by atoms with Crippen LogP contribution < -0.4 is 5.32 Å². The number of aryl methyl sites for hydroxylation is 1. The van der Waals surface area contributed by atoms with Crippen LogP contribution >= 0.6 is 0 Å². The quantitative estimate of drug-likeness (QED) is 0.819. The monoisotopic (exact) mass is 275 g/mol. The first-order chi connectivity index (χ1) is 8.86. The van der Waals surface area contributed by atoms with E-state index < -0.39 is 6.55 Å². The van der Waals surface area contributed by atoms with Gasteiger partial charge >= 0.3 is 6.55 Å². The van der Waals surface area contributed by atoms with Crippen LogP contribution in [0, 0.1) is 19.8 Å². The summed E-state index contributed by atoms with van der Waals surface area (Å²) in [6.07, 6.45) is 0.0164. The average molecular weight is 275 g/mol. The van der Waals surface area contributed by atoms with Crippen molar-refractivity contribution in [2.45, 2.75) is 33.7 Å². The molecule has 0 saturated heterocycles. The molecule has 7 heteroatoms. The molecule has 0 aliphatic carbocycles. The Morgan fingerprint density at radius 1 is 1.47 bits per heavy atom. The van der Waals surface area contributed by atoms with Gasteiger partial charge in [0.15, 0.2) is 0 Å². The first-order valence-electron chi connectivity index (χ1n) is 6.07. The number of carbonyl (C=O) groups is 1. The zero-order chi connectivity index (χ0) is 14.6. The van der Waals surface area contributed by atoms with Crippen molar-refractivity contribution >= 4 is 5.91 Å². The van der Waals surface area contributed by atoms with Crippen LogP contribution in [0.5, 0.6) is 0 Å². The molecule has 0 fully saturated rings. The number of aliphatic hydroxyl groups excluding tert-OH is 1. The molecule has 1 unspecified atom stereocenters. The fraction of sp³-hybridized carbons (Fsp3) is 0.667. The van der Waals surface area contributed by atoms with Crippen molar-refractivity contribution in [3.8, 4) is 0 Å². The number of amides is 1. The van der Waals surface area contributed by atoms with Gasteiger partial charge in [0.1, 0.15) is 0 Å². The smallest absolute Gasteiger partial charge is 0.333 e. The average Bonchev–Trinajstić information content (AvgIpc) is 2.64.